The largest absolute Gasteiger partial charge is 0.323 e. The number of halogens is 2. The first-order valence-electron chi connectivity index (χ1n) is 8.28. The van der Waals surface area contributed by atoms with Crippen molar-refractivity contribution in [2.45, 2.75) is 18.8 Å². The number of anilines is 2. The Morgan fingerprint density at radius 2 is 1.81 bits per heavy atom. The Bertz CT molecular complexity index is 948. The highest BCUT2D eigenvalue weighted by Gasteiger charge is 2.31. The van der Waals surface area contributed by atoms with Crippen LogP contribution in [0.2, 0.25) is 0 Å². The van der Waals surface area contributed by atoms with Crippen LogP contribution < -0.4 is 10.6 Å². The Balaban J connectivity index is 1.61. The third-order valence-corrected chi connectivity index (χ3v) is 4.22. The number of hydrogen-bond donors (Lipinski definition) is 3. The molecule has 3 aromatic rings. The minimum absolute atomic E-state index is 0.311. The maximum atomic E-state index is 13.6. The Morgan fingerprint density at radius 3 is 2.50 bits per heavy atom. The topological polar surface area (TPSA) is 69.8 Å². The first-order valence-corrected chi connectivity index (χ1v) is 8.28. The molecule has 0 spiro atoms. The molecule has 1 heterocycles. The lowest BCUT2D eigenvalue weighted by atomic mass is 10.1. The van der Waals surface area contributed by atoms with Crippen LogP contribution in [-0.2, 0) is 0 Å². The van der Waals surface area contributed by atoms with Gasteiger partial charge in [-0.3, -0.25) is 5.10 Å². The predicted molar refractivity (Wildman–Crippen MR) is 95.0 cm³/mol. The van der Waals surface area contributed by atoms with Crippen LogP contribution in [0.1, 0.15) is 24.5 Å². The number of carbonyl (C=O) groups is 1. The van der Waals surface area contributed by atoms with Crippen LogP contribution >= 0.6 is 0 Å². The molecule has 7 heteroatoms. The number of benzene rings is 2. The second-order valence-electron chi connectivity index (χ2n) is 6.23. The smallest absolute Gasteiger partial charge is 0.308 e. The number of carbonyl (C=O) groups excluding carboxylic acids is 1. The highest BCUT2D eigenvalue weighted by atomic mass is 19.1. The average Bonchev–Trinajstić information content (AvgIpc) is 3.38. The Morgan fingerprint density at radius 1 is 1.04 bits per heavy atom. The lowest BCUT2D eigenvalue weighted by Gasteiger charge is -2.10. The molecule has 0 saturated heterocycles. The number of H-pyrrole nitrogens is 1. The van der Waals surface area contributed by atoms with Crippen molar-refractivity contribution in [3.8, 4) is 11.3 Å². The molecule has 1 aliphatic rings. The van der Waals surface area contributed by atoms with E-state index in [-0.39, 0.29) is 11.6 Å². The van der Waals surface area contributed by atoms with E-state index in [4.69, 9.17) is 0 Å². The van der Waals surface area contributed by atoms with E-state index in [0.717, 1.165) is 18.5 Å². The van der Waals surface area contributed by atoms with Crippen molar-refractivity contribution < 1.29 is 13.6 Å². The number of nitrogens with one attached hydrogen (secondary N) is 3. The fraction of sp³-hybridized carbons (Fsp3) is 0.158. The molecule has 0 radical (unpaired) electrons. The average molecular weight is 354 g/mol. The van der Waals surface area contributed by atoms with Gasteiger partial charge < -0.3 is 10.6 Å². The lowest BCUT2D eigenvalue weighted by molar-refractivity contribution is 0.262. The van der Waals surface area contributed by atoms with Crippen molar-refractivity contribution in [1.29, 1.82) is 0 Å². The number of hydrogen-bond acceptors (Lipinski definition) is 2. The van der Waals surface area contributed by atoms with Gasteiger partial charge in [0.2, 0.25) is 0 Å². The first-order chi connectivity index (χ1) is 12.6. The van der Waals surface area contributed by atoms with Crippen LogP contribution in [0.3, 0.4) is 0 Å². The van der Waals surface area contributed by atoms with Gasteiger partial charge in [0.05, 0.1) is 11.4 Å². The van der Waals surface area contributed by atoms with Crippen molar-refractivity contribution in [3.05, 3.63) is 65.9 Å². The Hall–Kier alpha value is -3.22. The molecule has 0 bridgehead atoms. The normalized spacial score (nSPS) is 13.5. The Labute approximate surface area is 148 Å². The molecule has 132 valence electrons. The molecular formula is C19H16F2N4O. The van der Waals surface area contributed by atoms with E-state index < -0.39 is 6.03 Å². The minimum Gasteiger partial charge on any atom is -0.308 e. The molecule has 0 aliphatic heterocycles. The number of rotatable bonds is 4. The summed E-state index contributed by atoms with van der Waals surface area (Å²) >= 11 is 0. The van der Waals surface area contributed by atoms with Crippen molar-refractivity contribution >= 4 is 17.4 Å². The van der Waals surface area contributed by atoms with Gasteiger partial charge in [-0.05, 0) is 49.2 Å². The van der Waals surface area contributed by atoms with E-state index in [1.165, 1.54) is 36.4 Å². The van der Waals surface area contributed by atoms with Crippen LogP contribution in [0.5, 0.6) is 0 Å². The van der Waals surface area contributed by atoms with Crippen LogP contribution in [0, 0.1) is 11.6 Å². The van der Waals surface area contributed by atoms with Crippen LogP contribution in [0.4, 0.5) is 25.0 Å². The molecule has 0 atom stereocenters. The zero-order valence-electron chi connectivity index (χ0n) is 13.7. The van der Waals surface area contributed by atoms with E-state index in [1.54, 1.807) is 12.1 Å². The maximum Gasteiger partial charge on any atom is 0.323 e. The molecule has 1 fully saturated rings. The van der Waals surface area contributed by atoms with Crippen LogP contribution in [0.25, 0.3) is 11.3 Å². The maximum absolute atomic E-state index is 13.6. The zero-order valence-corrected chi connectivity index (χ0v) is 13.7. The fourth-order valence-corrected chi connectivity index (χ4v) is 2.80. The summed E-state index contributed by atoms with van der Waals surface area (Å²) in [7, 11) is 0. The molecular weight excluding hydrogens is 338 g/mol. The Kier molecular flexibility index (Phi) is 4.12. The first kappa shape index (κ1) is 16.3. The van der Waals surface area contributed by atoms with Gasteiger partial charge in [0, 0.05) is 17.2 Å². The summed E-state index contributed by atoms with van der Waals surface area (Å²) in [5, 5.41) is 12.7. The molecule has 1 saturated carbocycles. The van der Waals surface area contributed by atoms with Crippen molar-refractivity contribution in [2.75, 3.05) is 10.6 Å². The molecule has 1 aromatic heterocycles. The highest BCUT2D eigenvalue weighted by molar-refractivity contribution is 6.02. The summed E-state index contributed by atoms with van der Waals surface area (Å²) in [6, 6.07) is 11.1. The van der Waals surface area contributed by atoms with Gasteiger partial charge in [0.15, 0.2) is 0 Å². The van der Waals surface area contributed by atoms with Crippen molar-refractivity contribution in [2.24, 2.45) is 0 Å². The summed E-state index contributed by atoms with van der Waals surface area (Å²) in [4.78, 5) is 12.4. The van der Waals surface area contributed by atoms with Crippen LogP contribution in [-0.4, -0.2) is 16.2 Å². The van der Waals surface area contributed by atoms with Gasteiger partial charge in [-0.2, -0.15) is 5.10 Å². The standard InChI is InChI=1S/C19H16F2N4O/c20-13-6-8-15(9-7-13)22-19(26)23-18-16(11-4-5-11)24-25-17(18)12-2-1-3-14(21)10-12/h1-3,6-11H,4-5H2,(H,24,25)(H2,22,23,26). The molecule has 5 nitrogen and oxygen atoms in total. The predicted octanol–water partition coefficient (Wildman–Crippen LogP) is 4.88. The summed E-state index contributed by atoms with van der Waals surface area (Å²) in [5.74, 6) is -0.443. The number of urea groups is 1. The summed E-state index contributed by atoms with van der Waals surface area (Å²) < 4.78 is 26.6. The van der Waals surface area contributed by atoms with Crippen molar-refractivity contribution in [1.82, 2.24) is 10.2 Å². The second-order valence-corrected chi connectivity index (χ2v) is 6.23. The molecule has 0 unspecified atom stereocenters. The number of nitrogens with zero attached hydrogens (tertiary/aromatic N) is 1. The van der Waals surface area contributed by atoms with Crippen molar-refractivity contribution in [3.63, 3.8) is 0 Å². The summed E-state index contributed by atoms with van der Waals surface area (Å²) in [6.07, 6.45) is 2.03. The second kappa shape index (κ2) is 6.59. The van der Waals surface area contributed by atoms with E-state index in [0.29, 0.717) is 28.6 Å². The van der Waals surface area contributed by atoms with Gasteiger partial charge >= 0.3 is 6.03 Å². The molecule has 4 rings (SSSR count). The zero-order chi connectivity index (χ0) is 18.1. The van der Waals surface area contributed by atoms with Gasteiger partial charge in [-0.15, -0.1) is 0 Å². The molecule has 1 aliphatic carbocycles. The van der Waals surface area contributed by atoms with E-state index in [2.05, 4.69) is 20.8 Å². The highest BCUT2D eigenvalue weighted by Crippen LogP contribution is 2.45. The quantitative estimate of drug-likeness (QED) is 0.625. The van der Waals surface area contributed by atoms with Gasteiger partial charge in [0.1, 0.15) is 17.3 Å². The third kappa shape index (κ3) is 3.42. The molecule has 2 aromatic carbocycles. The SMILES string of the molecule is O=C(Nc1ccc(F)cc1)Nc1c(-c2cccc(F)c2)n[nH]c1C1CC1. The van der Waals surface area contributed by atoms with E-state index in [1.807, 2.05) is 0 Å². The van der Waals surface area contributed by atoms with E-state index >= 15 is 0 Å². The van der Waals surface area contributed by atoms with Gasteiger partial charge in [-0.1, -0.05) is 12.1 Å². The third-order valence-electron chi connectivity index (χ3n) is 4.22. The number of amides is 2. The van der Waals surface area contributed by atoms with Gasteiger partial charge in [-0.25, -0.2) is 13.6 Å². The van der Waals surface area contributed by atoms with E-state index in [9.17, 15) is 13.6 Å². The monoisotopic (exact) mass is 354 g/mol. The number of aromatic nitrogens is 2. The number of aromatic amines is 1. The lowest BCUT2D eigenvalue weighted by Crippen LogP contribution is -2.20. The van der Waals surface area contributed by atoms with Crippen LogP contribution in [0.15, 0.2) is 48.5 Å². The molecule has 2 amide bonds. The molecule has 26 heavy (non-hydrogen) atoms. The fourth-order valence-electron chi connectivity index (χ4n) is 2.80. The minimum atomic E-state index is -0.474. The van der Waals surface area contributed by atoms with Gasteiger partial charge in [0.25, 0.3) is 0 Å². The summed E-state index contributed by atoms with van der Waals surface area (Å²) in [5.41, 5.74) is 2.90. The summed E-state index contributed by atoms with van der Waals surface area (Å²) in [6.45, 7) is 0. The molecule has 3 N–H and O–H groups in total.